The third kappa shape index (κ3) is 4.17. The summed E-state index contributed by atoms with van der Waals surface area (Å²) in [6.45, 7) is 4.40. The van der Waals surface area contributed by atoms with Crippen molar-refractivity contribution in [2.24, 2.45) is 12.5 Å². The molecule has 19 heavy (non-hydrogen) atoms. The van der Waals surface area contributed by atoms with Gasteiger partial charge >= 0.3 is 0 Å². The van der Waals surface area contributed by atoms with Gasteiger partial charge in [-0.05, 0) is 24.8 Å². The second-order valence-corrected chi connectivity index (χ2v) is 7.01. The van der Waals surface area contributed by atoms with Gasteiger partial charge in [0.05, 0.1) is 6.33 Å². The van der Waals surface area contributed by atoms with Crippen molar-refractivity contribution in [2.45, 2.75) is 24.8 Å². The second-order valence-electron chi connectivity index (χ2n) is 5.29. The Morgan fingerprint density at radius 3 is 2.84 bits per heavy atom. The molecule has 1 atom stereocenters. The Labute approximate surface area is 120 Å². The summed E-state index contributed by atoms with van der Waals surface area (Å²) in [5.41, 5.74) is -0.0138. The number of sulfonamides is 1. The van der Waals surface area contributed by atoms with Crippen LogP contribution in [0.5, 0.6) is 0 Å². The number of aryl methyl sites for hydroxylation is 1. The molecule has 8 heteroatoms. The molecule has 2 rings (SSSR count). The van der Waals surface area contributed by atoms with Crippen LogP contribution in [-0.4, -0.2) is 37.6 Å². The molecule has 2 N–H and O–H groups in total. The molecule has 0 spiro atoms. The average Bonchev–Trinajstić information content (AvgIpc) is 2.76. The van der Waals surface area contributed by atoms with E-state index in [1.807, 2.05) is 0 Å². The Bertz CT molecular complexity index is 509. The fraction of sp³-hybridized carbons (Fsp3) is 0.727. The fourth-order valence-corrected chi connectivity index (χ4v) is 3.32. The zero-order valence-electron chi connectivity index (χ0n) is 11.2. The molecule has 1 aromatic rings. The molecular weight excluding hydrogens is 288 g/mol. The van der Waals surface area contributed by atoms with Crippen molar-refractivity contribution in [3.05, 3.63) is 12.5 Å². The number of halogens is 1. The summed E-state index contributed by atoms with van der Waals surface area (Å²) in [6, 6.07) is 0. The third-order valence-electron chi connectivity index (χ3n) is 3.33. The highest BCUT2D eigenvalue weighted by atomic mass is 35.5. The smallest absolute Gasteiger partial charge is 0.259 e. The molecule has 0 aromatic carbocycles. The zero-order valence-corrected chi connectivity index (χ0v) is 12.9. The number of hydrogen-bond donors (Lipinski definition) is 2. The molecule has 6 nitrogen and oxygen atoms in total. The average molecular weight is 309 g/mol. The molecule has 0 bridgehead atoms. The molecule has 1 unspecified atom stereocenters. The number of rotatable bonds is 4. The van der Waals surface area contributed by atoms with E-state index in [4.69, 9.17) is 0 Å². The van der Waals surface area contributed by atoms with Gasteiger partial charge in [0, 0.05) is 26.3 Å². The largest absolute Gasteiger partial charge is 0.339 e. The van der Waals surface area contributed by atoms with Gasteiger partial charge in [0.1, 0.15) is 0 Å². The van der Waals surface area contributed by atoms with E-state index >= 15 is 0 Å². The summed E-state index contributed by atoms with van der Waals surface area (Å²) in [4.78, 5) is 3.87. The molecule has 0 amide bonds. The van der Waals surface area contributed by atoms with Gasteiger partial charge in [0.2, 0.25) is 0 Å². The van der Waals surface area contributed by atoms with E-state index < -0.39 is 10.0 Å². The number of nitrogens with zero attached hydrogens (tertiary/aromatic N) is 2. The first kappa shape index (κ1) is 16.4. The van der Waals surface area contributed by atoms with Crippen LogP contribution < -0.4 is 10.0 Å². The molecule has 1 aromatic heterocycles. The Hall–Kier alpha value is -0.630. The molecule has 0 saturated carbocycles. The highest BCUT2D eigenvalue weighted by molar-refractivity contribution is 7.89. The molecule has 0 aliphatic carbocycles. The zero-order chi connectivity index (χ0) is 13.2. The van der Waals surface area contributed by atoms with Crippen LogP contribution in [0.2, 0.25) is 0 Å². The predicted octanol–water partition coefficient (Wildman–Crippen LogP) is 0.510. The van der Waals surface area contributed by atoms with Crippen LogP contribution in [0.4, 0.5) is 0 Å². The fourth-order valence-electron chi connectivity index (χ4n) is 2.14. The van der Waals surface area contributed by atoms with E-state index in [2.05, 4.69) is 21.9 Å². The van der Waals surface area contributed by atoms with Gasteiger partial charge < -0.3 is 9.88 Å². The Balaban J connectivity index is 0.00000180. The first-order valence-electron chi connectivity index (χ1n) is 6.10. The van der Waals surface area contributed by atoms with Crippen molar-refractivity contribution in [3.63, 3.8) is 0 Å². The molecule has 2 heterocycles. The van der Waals surface area contributed by atoms with Crippen molar-refractivity contribution in [1.29, 1.82) is 0 Å². The first-order chi connectivity index (χ1) is 8.41. The topological polar surface area (TPSA) is 76.0 Å². The van der Waals surface area contributed by atoms with Gasteiger partial charge in [0.15, 0.2) is 5.03 Å². The SMILES string of the molecule is Cl.Cn1cnc(S(=O)(=O)NCC2(C)CCCNC2)c1. The van der Waals surface area contributed by atoms with Crippen LogP contribution in [0.1, 0.15) is 19.8 Å². The maximum Gasteiger partial charge on any atom is 0.259 e. The standard InChI is InChI=1S/C11H20N4O2S.ClH/c1-11(4-3-5-12-7-11)8-14-18(16,17)10-6-15(2)9-13-10;/h6,9,12,14H,3-5,7-8H2,1-2H3;1H. The van der Waals surface area contributed by atoms with E-state index in [1.165, 1.54) is 12.5 Å². The van der Waals surface area contributed by atoms with E-state index in [0.717, 1.165) is 25.9 Å². The second kappa shape index (κ2) is 6.21. The number of imidazole rings is 1. The summed E-state index contributed by atoms with van der Waals surface area (Å²) in [5, 5.41) is 3.38. The van der Waals surface area contributed by atoms with Gasteiger partial charge in [-0.25, -0.2) is 18.1 Å². The highest BCUT2D eigenvalue weighted by Gasteiger charge is 2.29. The van der Waals surface area contributed by atoms with Crippen molar-refractivity contribution >= 4 is 22.4 Å². The van der Waals surface area contributed by atoms with Crippen LogP contribution >= 0.6 is 12.4 Å². The molecule has 1 aliphatic rings. The van der Waals surface area contributed by atoms with Gasteiger partial charge in [-0.2, -0.15) is 0 Å². The summed E-state index contributed by atoms with van der Waals surface area (Å²) >= 11 is 0. The lowest BCUT2D eigenvalue weighted by atomic mass is 9.83. The van der Waals surface area contributed by atoms with Crippen LogP contribution in [0.3, 0.4) is 0 Å². The maximum atomic E-state index is 12.0. The Morgan fingerprint density at radius 2 is 2.32 bits per heavy atom. The third-order valence-corrected chi connectivity index (χ3v) is 4.62. The molecule has 0 radical (unpaired) electrons. The lowest BCUT2D eigenvalue weighted by molar-refractivity contribution is 0.238. The first-order valence-corrected chi connectivity index (χ1v) is 7.58. The highest BCUT2D eigenvalue weighted by Crippen LogP contribution is 2.24. The van der Waals surface area contributed by atoms with E-state index in [1.54, 1.807) is 11.6 Å². The number of hydrogen-bond acceptors (Lipinski definition) is 4. The van der Waals surface area contributed by atoms with Crippen molar-refractivity contribution in [2.75, 3.05) is 19.6 Å². The normalized spacial score (nSPS) is 23.9. The lowest BCUT2D eigenvalue weighted by Crippen LogP contribution is -2.45. The van der Waals surface area contributed by atoms with Gasteiger partial charge in [-0.3, -0.25) is 0 Å². The van der Waals surface area contributed by atoms with Gasteiger partial charge in [-0.1, -0.05) is 6.92 Å². The predicted molar refractivity (Wildman–Crippen MR) is 75.9 cm³/mol. The molecule has 1 saturated heterocycles. The summed E-state index contributed by atoms with van der Waals surface area (Å²) in [6.07, 6.45) is 5.11. The van der Waals surface area contributed by atoms with Crippen molar-refractivity contribution in [3.8, 4) is 0 Å². The minimum Gasteiger partial charge on any atom is -0.339 e. The monoisotopic (exact) mass is 308 g/mol. The maximum absolute atomic E-state index is 12.0. The summed E-state index contributed by atoms with van der Waals surface area (Å²) in [5.74, 6) is 0. The summed E-state index contributed by atoms with van der Waals surface area (Å²) in [7, 11) is -1.74. The Kier molecular flexibility index (Phi) is 5.37. The van der Waals surface area contributed by atoms with E-state index in [-0.39, 0.29) is 22.8 Å². The Morgan fingerprint density at radius 1 is 1.58 bits per heavy atom. The van der Waals surface area contributed by atoms with E-state index in [9.17, 15) is 8.42 Å². The number of piperidine rings is 1. The van der Waals surface area contributed by atoms with Gasteiger partial charge in [-0.15, -0.1) is 12.4 Å². The van der Waals surface area contributed by atoms with Crippen LogP contribution in [0.15, 0.2) is 17.6 Å². The lowest BCUT2D eigenvalue weighted by Gasteiger charge is -2.34. The van der Waals surface area contributed by atoms with Crippen LogP contribution in [0, 0.1) is 5.41 Å². The van der Waals surface area contributed by atoms with E-state index in [0.29, 0.717) is 6.54 Å². The summed E-state index contributed by atoms with van der Waals surface area (Å²) < 4.78 is 28.3. The molecule has 110 valence electrons. The van der Waals surface area contributed by atoms with Crippen molar-refractivity contribution in [1.82, 2.24) is 19.6 Å². The van der Waals surface area contributed by atoms with Crippen molar-refractivity contribution < 1.29 is 8.42 Å². The minimum atomic E-state index is -3.49. The van der Waals surface area contributed by atoms with Gasteiger partial charge in [0.25, 0.3) is 10.0 Å². The molecule has 1 fully saturated rings. The van der Waals surface area contributed by atoms with Crippen LogP contribution in [-0.2, 0) is 17.1 Å². The quantitative estimate of drug-likeness (QED) is 0.850. The molecule has 1 aliphatic heterocycles. The van der Waals surface area contributed by atoms with Crippen LogP contribution in [0.25, 0.3) is 0 Å². The minimum absolute atomic E-state index is 0. The number of aromatic nitrogens is 2. The molecular formula is C11H21ClN4O2S. The number of nitrogens with one attached hydrogen (secondary N) is 2.